The minimum absolute atomic E-state index is 0.0778. The van der Waals surface area contributed by atoms with Gasteiger partial charge in [0.1, 0.15) is 11.6 Å². The quantitative estimate of drug-likeness (QED) is 0.583. The van der Waals surface area contributed by atoms with Crippen molar-refractivity contribution in [3.63, 3.8) is 0 Å². The van der Waals surface area contributed by atoms with Crippen LogP contribution in [0.2, 0.25) is 0 Å². The molecule has 1 spiro atoms. The summed E-state index contributed by atoms with van der Waals surface area (Å²) in [5.41, 5.74) is 0.560. The molecule has 188 valence electrons. The molecule has 1 aromatic carbocycles. The van der Waals surface area contributed by atoms with E-state index in [2.05, 4.69) is 17.6 Å². The molecule has 8 heteroatoms. The summed E-state index contributed by atoms with van der Waals surface area (Å²) in [5, 5.41) is 6.19. The molecule has 3 aliphatic heterocycles. The maximum atomic E-state index is 13.8. The van der Waals surface area contributed by atoms with Crippen LogP contribution < -0.4 is 10.6 Å². The predicted molar refractivity (Wildman–Crippen MR) is 130 cm³/mol. The van der Waals surface area contributed by atoms with Crippen LogP contribution in [0.15, 0.2) is 36.4 Å². The number of methoxy groups -OCH3 is 1. The van der Waals surface area contributed by atoms with Crippen molar-refractivity contribution >= 4 is 23.4 Å². The molecule has 1 saturated carbocycles. The molecule has 8 nitrogen and oxygen atoms in total. The standard InChI is InChI=1S/C27H35N3O5/c1-16-7-6-9-18(15-16)28-24(31)21-20-11-12-27(35-20)22(21)26(33)30(13-14-34-3)23(27)25(32)29-19-10-5-4-8-17(19)2/h6-7,9,11-12,15,17,19-23H,4-5,8,10,13-14H2,1-3H3,(H,28,31)(H,29,32)/t17-,19+,20+,21+,22+,23-,27-/m0/s1. The van der Waals surface area contributed by atoms with E-state index in [9.17, 15) is 14.4 Å². The Morgan fingerprint density at radius 1 is 1.23 bits per heavy atom. The van der Waals surface area contributed by atoms with Crippen molar-refractivity contribution in [2.45, 2.75) is 63.3 Å². The molecule has 2 saturated heterocycles. The molecule has 1 aromatic rings. The van der Waals surface area contributed by atoms with Gasteiger partial charge in [-0.15, -0.1) is 0 Å². The summed E-state index contributed by atoms with van der Waals surface area (Å²) in [6, 6.07) is 6.80. The lowest BCUT2D eigenvalue weighted by Gasteiger charge is -2.35. The summed E-state index contributed by atoms with van der Waals surface area (Å²) < 4.78 is 11.6. The molecular weight excluding hydrogens is 446 g/mol. The van der Waals surface area contributed by atoms with E-state index in [4.69, 9.17) is 9.47 Å². The third-order valence-corrected chi connectivity index (χ3v) is 8.19. The largest absolute Gasteiger partial charge is 0.383 e. The van der Waals surface area contributed by atoms with Gasteiger partial charge in [0.05, 0.1) is 24.5 Å². The lowest BCUT2D eigenvalue weighted by molar-refractivity contribution is -0.142. The van der Waals surface area contributed by atoms with Gasteiger partial charge in [0.2, 0.25) is 17.7 Å². The fraction of sp³-hybridized carbons (Fsp3) is 0.593. The van der Waals surface area contributed by atoms with Crippen LogP contribution in [0.4, 0.5) is 5.69 Å². The highest BCUT2D eigenvalue weighted by atomic mass is 16.5. The van der Waals surface area contributed by atoms with E-state index in [1.54, 1.807) is 12.0 Å². The van der Waals surface area contributed by atoms with Crippen molar-refractivity contribution in [1.29, 1.82) is 0 Å². The zero-order valence-corrected chi connectivity index (χ0v) is 20.7. The van der Waals surface area contributed by atoms with Gasteiger partial charge < -0.3 is 25.0 Å². The normalized spacial score (nSPS) is 35.3. The van der Waals surface area contributed by atoms with E-state index in [0.717, 1.165) is 24.8 Å². The van der Waals surface area contributed by atoms with Crippen molar-refractivity contribution in [2.75, 3.05) is 25.6 Å². The Morgan fingerprint density at radius 3 is 2.77 bits per heavy atom. The van der Waals surface area contributed by atoms with Crippen LogP contribution in [0.3, 0.4) is 0 Å². The number of carbonyl (C=O) groups is 3. The number of carbonyl (C=O) groups excluding carboxylic acids is 3. The predicted octanol–water partition coefficient (Wildman–Crippen LogP) is 2.43. The third kappa shape index (κ3) is 4.06. The van der Waals surface area contributed by atoms with E-state index in [0.29, 0.717) is 18.2 Å². The second kappa shape index (κ2) is 9.39. The Balaban J connectivity index is 1.43. The van der Waals surface area contributed by atoms with Crippen LogP contribution in [-0.2, 0) is 23.9 Å². The zero-order valence-electron chi connectivity index (χ0n) is 20.7. The van der Waals surface area contributed by atoms with E-state index >= 15 is 0 Å². The maximum absolute atomic E-state index is 13.8. The fourth-order valence-corrected chi connectivity index (χ4v) is 6.44. The summed E-state index contributed by atoms with van der Waals surface area (Å²) in [6.07, 6.45) is 7.42. The molecule has 35 heavy (non-hydrogen) atoms. The van der Waals surface area contributed by atoms with Gasteiger partial charge in [0, 0.05) is 25.4 Å². The molecule has 5 rings (SSSR count). The summed E-state index contributed by atoms with van der Waals surface area (Å²) in [7, 11) is 1.57. The van der Waals surface area contributed by atoms with Gasteiger partial charge in [-0.3, -0.25) is 14.4 Å². The maximum Gasteiger partial charge on any atom is 0.246 e. The zero-order chi connectivity index (χ0) is 24.7. The van der Waals surface area contributed by atoms with Crippen molar-refractivity contribution in [3.8, 4) is 0 Å². The van der Waals surface area contributed by atoms with E-state index < -0.39 is 29.6 Å². The SMILES string of the molecule is COCCN1C(=O)[C@H]2[C@H](C(=O)Nc3cccc(C)c3)[C@H]3C=C[C@@]2(O3)[C@@H]1C(=O)N[C@@H]1CCCC[C@@H]1C. The van der Waals surface area contributed by atoms with Crippen molar-refractivity contribution in [2.24, 2.45) is 17.8 Å². The van der Waals surface area contributed by atoms with Gasteiger partial charge in [-0.25, -0.2) is 0 Å². The topological polar surface area (TPSA) is 97.0 Å². The number of likely N-dealkylation sites (tertiary alicyclic amines) is 1. The first-order chi connectivity index (χ1) is 16.9. The monoisotopic (exact) mass is 481 g/mol. The van der Waals surface area contributed by atoms with Crippen LogP contribution in [0.25, 0.3) is 0 Å². The molecule has 0 radical (unpaired) electrons. The highest BCUT2D eigenvalue weighted by Crippen LogP contribution is 2.55. The number of nitrogens with zero attached hydrogens (tertiary/aromatic N) is 1. The van der Waals surface area contributed by atoms with Crippen LogP contribution in [0, 0.1) is 24.7 Å². The van der Waals surface area contributed by atoms with Crippen molar-refractivity contribution in [1.82, 2.24) is 10.2 Å². The van der Waals surface area contributed by atoms with Gasteiger partial charge in [-0.2, -0.15) is 0 Å². The number of fused-ring (bicyclic) bond motifs is 1. The van der Waals surface area contributed by atoms with E-state index in [1.807, 2.05) is 43.3 Å². The molecule has 4 aliphatic rings. The van der Waals surface area contributed by atoms with Crippen LogP contribution in [-0.4, -0.2) is 66.7 Å². The first kappa shape index (κ1) is 24.0. The molecule has 3 fully saturated rings. The Kier molecular flexibility index (Phi) is 6.44. The minimum Gasteiger partial charge on any atom is -0.383 e. The summed E-state index contributed by atoms with van der Waals surface area (Å²) in [6.45, 7) is 4.68. The molecule has 7 atom stereocenters. The molecule has 2 N–H and O–H groups in total. The number of rotatable bonds is 7. The number of aryl methyl sites for hydroxylation is 1. The van der Waals surface area contributed by atoms with Crippen LogP contribution in [0.1, 0.15) is 38.2 Å². The third-order valence-electron chi connectivity index (χ3n) is 8.19. The summed E-state index contributed by atoms with van der Waals surface area (Å²) in [4.78, 5) is 42.5. The molecular formula is C27H35N3O5. The first-order valence-electron chi connectivity index (χ1n) is 12.7. The summed E-state index contributed by atoms with van der Waals surface area (Å²) >= 11 is 0. The van der Waals surface area contributed by atoms with Crippen LogP contribution in [0.5, 0.6) is 0 Å². The van der Waals surface area contributed by atoms with Crippen LogP contribution >= 0.6 is 0 Å². The second-order valence-corrected chi connectivity index (χ2v) is 10.5. The Labute approximate surface area is 206 Å². The smallest absolute Gasteiger partial charge is 0.246 e. The Hall–Kier alpha value is -2.71. The molecule has 3 heterocycles. The number of hydrogen-bond donors (Lipinski definition) is 2. The molecule has 0 unspecified atom stereocenters. The highest BCUT2D eigenvalue weighted by molar-refractivity contribution is 6.02. The lowest BCUT2D eigenvalue weighted by Crippen LogP contribution is -2.57. The highest BCUT2D eigenvalue weighted by Gasteiger charge is 2.72. The van der Waals surface area contributed by atoms with Crippen molar-refractivity contribution in [3.05, 3.63) is 42.0 Å². The van der Waals surface area contributed by atoms with Gasteiger partial charge in [0.15, 0.2) is 0 Å². The van der Waals surface area contributed by atoms with Gasteiger partial charge in [-0.05, 0) is 43.4 Å². The lowest BCUT2D eigenvalue weighted by atomic mass is 9.74. The number of ether oxygens (including phenoxy) is 2. The molecule has 2 bridgehead atoms. The summed E-state index contributed by atoms with van der Waals surface area (Å²) in [5.74, 6) is -1.77. The molecule has 3 amide bonds. The first-order valence-corrected chi connectivity index (χ1v) is 12.7. The number of benzene rings is 1. The molecule has 0 aromatic heterocycles. The average Bonchev–Trinajstić information content (AvgIpc) is 3.46. The number of hydrogen-bond acceptors (Lipinski definition) is 5. The van der Waals surface area contributed by atoms with Gasteiger partial charge >= 0.3 is 0 Å². The van der Waals surface area contributed by atoms with Crippen molar-refractivity contribution < 1.29 is 23.9 Å². The van der Waals surface area contributed by atoms with E-state index in [-0.39, 0.29) is 30.3 Å². The number of amides is 3. The number of anilines is 1. The average molecular weight is 482 g/mol. The molecule has 1 aliphatic carbocycles. The minimum atomic E-state index is -1.15. The Bertz CT molecular complexity index is 1040. The van der Waals surface area contributed by atoms with E-state index in [1.165, 1.54) is 6.42 Å². The second-order valence-electron chi connectivity index (χ2n) is 10.5. The Morgan fingerprint density at radius 2 is 2.03 bits per heavy atom. The fourth-order valence-electron chi connectivity index (χ4n) is 6.44. The van der Waals surface area contributed by atoms with Gasteiger partial charge in [0.25, 0.3) is 0 Å². The number of nitrogens with one attached hydrogen (secondary N) is 2. The van der Waals surface area contributed by atoms with Gasteiger partial charge in [-0.1, -0.05) is 44.1 Å².